The molecule has 4 aromatic rings. The summed E-state index contributed by atoms with van der Waals surface area (Å²) in [4.78, 5) is 26.0. The van der Waals surface area contributed by atoms with E-state index in [4.69, 9.17) is 14.2 Å². The largest absolute Gasteiger partial charge is 0.490 e. The summed E-state index contributed by atoms with van der Waals surface area (Å²) in [7, 11) is 0. The Bertz CT molecular complexity index is 1640. The van der Waals surface area contributed by atoms with Gasteiger partial charge in [-0.3, -0.25) is 14.2 Å². The molecule has 0 spiro atoms. The van der Waals surface area contributed by atoms with Gasteiger partial charge in [0, 0.05) is 15.7 Å². The zero-order valence-corrected chi connectivity index (χ0v) is 27.5. The average Bonchev–Trinajstić information content (AvgIpc) is 3.43. The molecule has 1 aromatic heterocycles. The zero-order chi connectivity index (χ0) is 33.3. The Morgan fingerprint density at radius 2 is 1.54 bits per heavy atom. The second kappa shape index (κ2) is 15.9. The van der Waals surface area contributed by atoms with Crippen molar-refractivity contribution in [2.45, 2.75) is 38.6 Å². The molecule has 46 heavy (non-hydrogen) atoms. The van der Waals surface area contributed by atoms with E-state index in [2.05, 4.69) is 36.8 Å². The number of para-hydroxylation sites is 1. The van der Waals surface area contributed by atoms with E-state index >= 15 is 0 Å². The first-order valence-electron chi connectivity index (χ1n) is 14.2. The van der Waals surface area contributed by atoms with Gasteiger partial charge in [-0.1, -0.05) is 39.8 Å². The lowest BCUT2D eigenvalue weighted by atomic mass is 10.1. The molecular weight excluding hydrogens is 691 g/mol. The number of nitrogens with zero attached hydrogens (tertiary/aromatic N) is 3. The molecule has 0 aliphatic heterocycles. The number of amides is 2. The van der Waals surface area contributed by atoms with Crippen molar-refractivity contribution in [2.24, 2.45) is 0 Å². The number of anilines is 1. The monoisotopic (exact) mass is 721 g/mol. The molecule has 0 unspecified atom stereocenters. The number of alkyl halides is 3. The van der Waals surface area contributed by atoms with Crippen LogP contribution in [0.4, 0.5) is 18.9 Å². The van der Waals surface area contributed by atoms with Crippen molar-refractivity contribution >= 4 is 45.2 Å². The van der Waals surface area contributed by atoms with E-state index in [0.717, 1.165) is 22.3 Å². The summed E-state index contributed by atoms with van der Waals surface area (Å²) < 4.78 is 59.8. The molecule has 0 saturated heterocycles. The van der Waals surface area contributed by atoms with E-state index in [0.29, 0.717) is 53.7 Å². The second-order valence-corrected chi connectivity index (χ2v) is 11.2. The minimum absolute atomic E-state index is 0.0469. The first-order chi connectivity index (χ1) is 22.0. The standard InChI is InChI=1S/C31H31BrF3N5O5S/c1-4-43-24-15-19(16-25(44-5-2)28(24)45-6-3)29(42)36-17-26-38-39-30(40(26)21-13-11-20(32)12-14-21)46-18-27(41)37-23-10-8-7-9-22(23)31(33,34)35/h7-16H,4-6,17-18H2,1-3H3,(H,36,42)(H,37,41). The topological polar surface area (TPSA) is 117 Å². The zero-order valence-electron chi connectivity index (χ0n) is 25.1. The van der Waals surface area contributed by atoms with Crippen LogP contribution in [0.15, 0.2) is 70.3 Å². The van der Waals surface area contributed by atoms with Crippen molar-refractivity contribution in [3.05, 3.63) is 82.1 Å². The van der Waals surface area contributed by atoms with Gasteiger partial charge in [-0.15, -0.1) is 10.2 Å². The summed E-state index contributed by atoms with van der Waals surface area (Å²) in [6.45, 7) is 6.49. The number of carbonyl (C=O) groups excluding carboxylic acids is 2. The van der Waals surface area contributed by atoms with Crippen molar-refractivity contribution in [1.82, 2.24) is 20.1 Å². The van der Waals surface area contributed by atoms with Crippen molar-refractivity contribution in [3.63, 3.8) is 0 Å². The Morgan fingerprint density at radius 3 is 2.15 bits per heavy atom. The number of halogens is 4. The van der Waals surface area contributed by atoms with Gasteiger partial charge in [0.25, 0.3) is 5.91 Å². The van der Waals surface area contributed by atoms with E-state index < -0.39 is 23.6 Å². The molecule has 0 fully saturated rings. The fraction of sp³-hybridized carbons (Fsp3) is 0.290. The summed E-state index contributed by atoms with van der Waals surface area (Å²) >= 11 is 4.39. The summed E-state index contributed by atoms with van der Waals surface area (Å²) in [5.41, 5.74) is -0.372. The molecule has 244 valence electrons. The van der Waals surface area contributed by atoms with Crippen molar-refractivity contribution in [3.8, 4) is 22.9 Å². The Hall–Kier alpha value is -4.24. The molecule has 0 aliphatic carbocycles. The molecule has 4 rings (SSSR count). The van der Waals surface area contributed by atoms with Crippen molar-refractivity contribution in [1.29, 1.82) is 0 Å². The first kappa shape index (κ1) is 34.6. The average molecular weight is 723 g/mol. The molecule has 2 amide bonds. The highest BCUT2D eigenvalue weighted by molar-refractivity contribution is 9.10. The number of ether oxygens (including phenoxy) is 3. The summed E-state index contributed by atoms with van der Waals surface area (Å²) in [6, 6.07) is 15.1. The highest BCUT2D eigenvalue weighted by Crippen LogP contribution is 2.39. The van der Waals surface area contributed by atoms with Crippen LogP contribution in [0.1, 0.15) is 42.5 Å². The van der Waals surface area contributed by atoms with Crippen molar-refractivity contribution < 1.29 is 37.0 Å². The van der Waals surface area contributed by atoms with Gasteiger partial charge >= 0.3 is 6.18 Å². The van der Waals surface area contributed by atoms with Crippen molar-refractivity contribution in [2.75, 3.05) is 30.9 Å². The fourth-order valence-corrected chi connectivity index (χ4v) is 5.33. The van der Waals surface area contributed by atoms with Crippen LogP contribution in [-0.2, 0) is 17.5 Å². The Balaban J connectivity index is 1.55. The van der Waals surface area contributed by atoms with Gasteiger partial charge in [-0.2, -0.15) is 13.2 Å². The lowest BCUT2D eigenvalue weighted by molar-refractivity contribution is -0.137. The van der Waals surface area contributed by atoms with Crippen LogP contribution in [0, 0.1) is 0 Å². The quantitative estimate of drug-likeness (QED) is 0.135. The maximum absolute atomic E-state index is 13.4. The molecule has 3 aromatic carbocycles. The third kappa shape index (κ3) is 8.72. The number of thioether (sulfide) groups is 1. The van der Waals surface area contributed by atoms with E-state index in [1.54, 1.807) is 41.0 Å². The number of carbonyl (C=O) groups is 2. The fourth-order valence-electron chi connectivity index (χ4n) is 4.29. The molecule has 0 bridgehead atoms. The molecule has 1 heterocycles. The van der Waals surface area contributed by atoms with Gasteiger partial charge in [0.2, 0.25) is 11.7 Å². The predicted octanol–water partition coefficient (Wildman–Crippen LogP) is 6.91. The van der Waals surface area contributed by atoms with Gasteiger partial charge in [-0.25, -0.2) is 0 Å². The number of nitrogens with one attached hydrogen (secondary N) is 2. The van der Waals surface area contributed by atoms with Crippen LogP contribution in [0.25, 0.3) is 5.69 Å². The van der Waals surface area contributed by atoms with Crippen LogP contribution in [0.3, 0.4) is 0 Å². The number of hydrogen-bond donors (Lipinski definition) is 2. The van der Waals surface area contributed by atoms with E-state index in [-0.39, 0.29) is 23.5 Å². The van der Waals surface area contributed by atoms with Gasteiger partial charge in [0.05, 0.1) is 43.4 Å². The summed E-state index contributed by atoms with van der Waals surface area (Å²) in [6.07, 6.45) is -4.63. The third-order valence-corrected chi connectivity index (χ3v) is 7.66. The minimum Gasteiger partial charge on any atom is -0.490 e. The maximum atomic E-state index is 13.4. The van der Waals surface area contributed by atoms with Gasteiger partial charge in [0.15, 0.2) is 22.5 Å². The minimum atomic E-state index is -4.63. The molecule has 0 aliphatic rings. The molecule has 0 radical (unpaired) electrons. The van der Waals surface area contributed by atoms with Crippen LogP contribution < -0.4 is 24.8 Å². The number of rotatable bonds is 14. The van der Waals surface area contributed by atoms with Crippen LogP contribution in [0.2, 0.25) is 0 Å². The molecular formula is C31H31BrF3N5O5S. The predicted molar refractivity (Wildman–Crippen MR) is 171 cm³/mol. The third-order valence-electron chi connectivity index (χ3n) is 6.20. The summed E-state index contributed by atoms with van der Waals surface area (Å²) in [5, 5.41) is 13.9. The number of hydrogen-bond acceptors (Lipinski definition) is 8. The molecule has 2 N–H and O–H groups in total. The first-order valence-corrected chi connectivity index (χ1v) is 16.0. The summed E-state index contributed by atoms with van der Waals surface area (Å²) in [5.74, 6) is 0.147. The Morgan fingerprint density at radius 1 is 0.913 bits per heavy atom. The van der Waals surface area contributed by atoms with E-state index in [1.807, 2.05) is 20.8 Å². The van der Waals surface area contributed by atoms with E-state index in [1.165, 1.54) is 18.2 Å². The lowest BCUT2D eigenvalue weighted by Crippen LogP contribution is -2.25. The van der Waals surface area contributed by atoms with Gasteiger partial charge in [-0.05, 0) is 69.3 Å². The number of aromatic nitrogens is 3. The van der Waals surface area contributed by atoms with Gasteiger partial charge in [0.1, 0.15) is 0 Å². The highest BCUT2D eigenvalue weighted by atomic mass is 79.9. The van der Waals surface area contributed by atoms with Crippen LogP contribution >= 0.6 is 27.7 Å². The highest BCUT2D eigenvalue weighted by Gasteiger charge is 2.33. The molecule has 10 nitrogen and oxygen atoms in total. The normalized spacial score (nSPS) is 11.2. The SMILES string of the molecule is CCOc1cc(C(=O)NCc2nnc(SCC(=O)Nc3ccccc3C(F)(F)F)n2-c2ccc(Br)cc2)cc(OCC)c1OCC. The second-order valence-electron chi connectivity index (χ2n) is 9.37. The van der Waals surface area contributed by atoms with Crippen LogP contribution in [0.5, 0.6) is 17.2 Å². The Kier molecular flexibility index (Phi) is 11.9. The Labute approximate surface area is 276 Å². The van der Waals surface area contributed by atoms with Gasteiger partial charge < -0.3 is 24.8 Å². The van der Waals surface area contributed by atoms with E-state index in [9.17, 15) is 22.8 Å². The number of benzene rings is 3. The molecule has 0 saturated carbocycles. The molecule has 15 heteroatoms. The van der Waals surface area contributed by atoms with Crippen LogP contribution in [-0.4, -0.2) is 52.2 Å². The lowest BCUT2D eigenvalue weighted by Gasteiger charge is -2.17. The molecule has 0 atom stereocenters. The maximum Gasteiger partial charge on any atom is 0.418 e. The smallest absolute Gasteiger partial charge is 0.418 e.